The Morgan fingerprint density at radius 2 is 2.20 bits per heavy atom. The molecule has 1 aliphatic rings. The quantitative estimate of drug-likeness (QED) is 0.838. The average molecular weight is 296 g/mol. The lowest BCUT2D eigenvalue weighted by atomic mass is 9.62. The van der Waals surface area contributed by atoms with E-state index in [2.05, 4.69) is 5.32 Å². The molecule has 1 saturated carbocycles. The third-order valence-electron chi connectivity index (χ3n) is 3.71. The van der Waals surface area contributed by atoms with E-state index in [0.717, 1.165) is 0 Å². The fraction of sp³-hybridized carbons (Fsp3) is 0.429. The summed E-state index contributed by atoms with van der Waals surface area (Å²) in [6, 6.07) is 4.15. The van der Waals surface area contributed by atoms with Crippen LogP contribution in [0, 0.1) is 17.2 Å². The van der Waals surface area contributed by atoms with Crippen molar-refractivity contribution in [2.24, 2.45) is 17.1 Å². The normalized spacial score (nSPS) is 24.6. The van der Waals surface area contributed by atoms with Gasteiger partial charge in [-0.3, -0.25) is 4.79 Å². The summed E-state index contributed by atoms with van der Waals surface area (Å²) in [5.41, 5.74) is 5.40. The predicted octanol–water partition coefficient (Wildman–Crippen LogP) is 2.48. The summed E-state index contributed by atoms with van der Waals surface area (Å²) < 4.78 is 18.2. The second-order valence-electron chi connectivity index (χ2n) is 5.26. The second-order valence-corrected chi connectivity index (χ2v) is 5.70. The van der Waals surface area contributed by atoms with Crippen molar-refractivity contribution < 1.29 is 13.9 Å². The number of rotatable bonds is 4. The van der Waals surface area contributed by atoms with Crippen molar-refractivity contribution in [2.45, 2.75) is 19.8 Å². The van der Waals surface area contributed by atoms with Crippen LogP contribution in [0.3, 0.4) is 0 Å². The van der Waals surface area contributed by atoms with Gasteiger partial charge in [0.15, 0.2) is 11.6 Å². The van der Waals surface area contributed by atoms with E-state index in [0.29, 0.717) is 24.4 Å². The second kappa shape index (κ2) is 5.36. The zero-order chi connectivity index (χ0) is 14.9. The van der Waals surface area contributed by atoms with Gasteiger partial charge in [0, 0.05) is 11.8 Å². The van der Waals surface area contributed by atoms with Crippen LogP contribution in [-0.4, -0.2) is 18.0 Å². The Morgan fingerprint density at radius 1 is 1.55 bits per heavy atom. The molecule has 0 bridgehead atoms. The van der Waals surface area contributed by atoms with Crippen LogP contribution >= 0.6 is 12.2 Å². The maximum Gasteiger partial charge on any atom is 0.237 e. The van der Waals surface area contributed by atoms with Crippen LogP contribution < -0.4 is 15.8 Å². The van der Waals surface area contributed by atoms with Gasteiger partial charge in [-0.2, -0.15) is 0 Å². The van der Waals surface area contributed by atoms with Gasteiger partial charge in [0.2, 0.25) is 5.91 Å². The minimum atomic E-state index is -0.781. The van der Waals surface area contributed by atoms with Gasteiger partial charge in [0.25, 0.3) is 0 Å². The molecule has 1 aliphatic carbocycles. The number of hydrogen-bond acceptors (Lipinski definition) is 3. The Morgan fingerprint density at radius 3 is 2.70 bits per heavy atom. The largest absolute Gasteiger partial charge is 0.494 e. The third kappa shape index (κ3) is 2.47. The number of carbonyl (C=O) groups is 1. The van der Waals surface area contributed by atoms with E-state index in [1.54, 1.807) is 0 Å². The van der Waals surface area contributed by atoms with Crippen LogP contribution in [0.2, 0.25) is 0 Å². The highest BCUT2D eigenvalue weighted by Crippen LogP contribution is 2.46. The number of anilines is 1. The van der Waals surface area contributed by atoms with Gasteiger partial charge in [0.05, 0.1) is 17.5 Å². The van der Waals surface area contributed by atoms with E-state index in [1.165, 1.54) is 25.3 Å². The fourth-order valence-corrected chi connectivity index (χ4v) is 2.88. The summed E-state index contributed by atoms with van der Waals surface area (Å²) in [4.78, 5) is 12.6. The van der Waals surface area contributed by atoms with Crippen molar-refractivity contribution in [3.63, 3.8) is 0 Å². The molecule has 20 heavy (non-hydrogen) atoms. The molecule has 0 unspecified atom stereocenters. The molecule has 0 aromatic heterocycles. The lowest BCUT2D eigenvalue weighted by molar-refractivity contribution is -0.127. The topological polar surface area (TPSA) is 64.3 Å². The van der Waals surface area contributed by atoms with Gasteiger partial charge >= 0.3 is 0 Å². The van der Waals surface area contributed by atoms with E-state index in [1.807, 2.05) is 6.92 Å². The smallest absolute Gasteiger partial charge is 0.237 e. The number of halogens is 1. The van der Waals surface area contributed by atoms with Crippen LogP contribution in [0.25, 0.3) is 0 Å². The molecule has 0 atom stereocenters. The first-order chi connectivity index (χ1) is 9.39. The third-order valence-corrected chi connectivity index (χ3v) is 4.10. The number of nitrogens with one attached hydrogen (secondary N) is 1. The van der Waals surface area contributed by atoms with Crippen molar-refractivity contribution in [1.29, 1.82) is 0 Å². The average Bonchev–Trinajstić information content (AvgIpc) is 2.36. The van der Waals surface area contributed by atoms with Gasteiger partial charge in [-0.1, -0.05) is 19.1 Å². The summed E-state index contributed by atoms with van der Waals surface area (Å²) in [6.45, 7) is 2.05. The van der Waals surface area contributed by atoms with Gasteiger partial charge in [-0.05, 0) is 30.9 Å². The Hall–Kier alpha value is -1.69. The molecular formula is C14H17FN2O2S. The molecule has 0 saturated heterocycles. The van der Waals surface area contributed by atoms with Crippen molar-refractivity contribution in [1.82, 2.24) is 0 Å². The first-order valence-corrected chi connectivity index (χ1v) is 6.75. The maximum absolute atomic E-state index is 13.3. The number of amides is 1. The number of benzene rings is 1. The van der Waals surface area contributed by atoms with Crippen LogP contribution in [-0.2, 0) is 4.79 Å². The van der Waals surface area contributed by atoms with Crippen molar-refractivity contribution in [2.75, 3.05) is 12.4 Å². The first-order valence-electron chi connectivity index (χ1n) is 6.34. The molecule has 1 amide bonds. The summed E-state index contributed by atoms with van der Waals surface area (Å²) in [6.07, 6.45) is 1.29. The van der Waals surface area contributed by atoms with E-state index in [4.69, 9.17) is 22.7 Å². The Bertz CT molecular complexity index is 556. The van der Waals surface area contributed by atoms with Crippen molar-refractivity contribution in [3.05, 3.63) is 24.0 Å². The lowest BCUT2D eigenvalue weighted by Gasteiger charge is -2.44. The predicted molar refractivity (Wildman–Crippen MR) is 79.2 cm³/mol. The van der Waals surface area contributed by atoms with Crippen LogP contribution in [0.4, 0.5) is 10.1 Å². The summed E-state index contributed by atoms with van der Waals surface area (Å²) in [7, 11) is 1.37. The highest BCUT2D eigenvalue weighted by molar-refractivity contribution is 7.80. The minimum Gasteiger partial charge on any atom is -0.494 e. The van der Waals surface area contributed by atoms with Gasteiger partial charge < -0.3 is 15.8 Å². The number of thiocarbonyl (C=S) groups is 1. The first kappa shape index (κ1) is 14.7. The maximum atomic E-state index is 13.3. The molecule has 1 aromatic carbocycles. The van der Waals surface area contributed by atoms with Crippen LogP contribution in [0.5, 0.6) is 5.75 Å². The molecule has 6 heteroatoms. The lowest BCUT2D eigenvalue weighted by Crippen LogP contribution is -2.53. The highest BCUT2D eigenvalue weighted by Gasteiger charge is 2.50. The molecule has 4 nitrogen and oxygen atoms in total. The molecule has 0 heterocycles. The summed E-state index contributed by atoms with van der Waals surface area (Å²) in [5, 5.41) is 2.74. The minimum absolute atomic E-state index is 0.0779. The van der Waals surface area contributed by atoms with Crippen molar-refractivity contribution in [3.8, 4) is 5.75 Å². The molecule has 0 aliphatic heterocycles. The number of nitrogens with two attached hydrogens (primary N) is 1. The van der Waals surface area contributed by atoms with Gasteiger partial charge in [-0.15, -0.1) is 0 Å². The summed E-state index contributed by atoms with van der Waals surface area (Å²) in [5.74, 6) is -0.220. The standard InChI is InChI=1S/C14H17FN2O2S/c1-8-6-14(7-8,12(16)20)13(18)17-9-3-4-10(15)11(5-9)19-2/h3-5,8H,6-7H2,1-2H3,(H2,16,20)(H,17,18). The molecule has 0 radical (unpaired) electrons. The number of methoxy groups -OCH3 is 1. The van der Waals surface area contributed by atoms with E-state index in [9.17, 15) is 9.18 Å². The summed E-state index contributed by atoms with van der Waals surface area (Å²) >= 11 is 5.03. The van der Waals surface area contributed by atoms with E-state index >= 15 is 0 Å². The van der Waals surface area contributed by atoms with Crippen LogP contribution in [0.15, 0.2) is 18.2 Å². The monoisotopic (exact) mass is 296 g/mol. The molecule has 1 aromatic rings. The van der Waals surface area contributed by atoms with E-state index < -0.39 is 11.2 Å². The molecule has 2 rings (SSSR count). The molecular weight excluding hydrogens is 279 g/mol. The van der Waals surface area contributed by atoms with Gasteiger partial charge in [0.1, 0.15) is 0 Å². The van der Waals surface area contributed by atoms with Crippen molar-refractivity contribution >= 4 is 28.8 Å². The van der Waals surface area contributed by atoms with Crippen LogP contribution in [0.1, 0.15) is 19.8 Å². The Balaban J connectivity index is 2.17. The number of hydrogen-bond donors (Lipinski definition) is 2. The molecule has 1 fully saturated rings. The number of carbonyl (C=O) groups excluding carboxylic acids is 1. The van der Waals surface area contributed by atoms with Gasteiger partial charge in [-0.25, -0.2) is 4.39 Å². The molecule has 3 N–H and O–H groups in total. The zero-order valence-corrected chi connectivity index (χ0v) is 12.2. The Labute approximate surface area is 122 Å². The number of ether oxygens (including phenoxy) is 1. The van der Waals surface area contributed by atoms with E-state index in [-0.39, 0.29) is 16.6 Å². The zero-order valence-electron chi connectivity index (χ0n) is 11.4. The SMILES string of the molecule is COc1cc(NC(=O)C2(C(N)=S)CC(C)C2)ccc1F. The Kier molecular flexibility index (Phi) is 3.94. The molecule has 108 valence electrons. The fourth-order valence-electron chi connectivity index (χ4n) is 2.62. The molecule has 0 spiro atoms. The highest BCUT2D eigenvalue weighted by atomic mass is 32.1.